The molecular formula is C36H42O10. The highest BCUT2D eigenvalue weighted by Gasteiger charge is 2.78. The van der Waals surface area contributed by atoms with Crippen molar-refractivity contribution in [3.63, 3.8) is 0 Å². The fraction of sp³-hybridized carbons (Fsp3) is 0.583. The van der Waals surface area contributed by atoms with Crippen LogP contribution in [0.5, 0.6) is 0 Å². The number of benzene rings is 1. The number of esters is 3. The van der Waals surface area contributed by atoms with Crippen molar-refractivity contribution in [2.24, 2.45) is 34.0 Å². The lowest BCUT2D eigenvalue weighted by Crippen LogP contribution is -2.70. The van der Waals surface area contributed by atoms with Gasteiger partial charge < -0.3 is 33.9 Å². The molecule has 10 nitrogen and oxygen atoms in total. The summed E-state index contributed by atoms with van der Waals surface area (Å²) in [6.07, 6.45) is 1.17. The molecule has 3 aliphatic carbocycles. The van der Waals surface area contributed by atoms with Gasteiger partial charge >= 0.3 is 17.9 Å². The van der Waals surface area contributed by atoms with Crippen LogP contribution < -0.4 is 0 Å². The SMILES string of the molecule is COC(=O)C[C@H]1[C@]2(C)C3=C(C)[C@H](C4=CC(O)OC4=O)C[C@H]3O[C@@H]2[C@@H]2OC[C@]3(C)[C@H](O)C[C@H](OC(=O)/C=C/c4ccccc4)[C@@]1(C)[C@@H]23. The number of allylic oxidation sites excluding steroid dienone is 1. The number of aliphatic hydroxyl groups is 2. The Hall–Kier alpha value is -3.31. The monoisotopic (exact) mass is 634 g/mol. The van der Waals surface area contributed by atoms with E-state index in [1.807, 2.05) is 44.2 Å². The molecule has 10 heteroatoms. The second-order valence-corrected chi connectivity index (χ2v) is 14.5. The third-order valence-corrected chi connectivity index (χ3v) is 12.4. The number of hydrogen-bond acceptors (Lipinski definition) is 10. The number of hydrogen-bond donors (Lipinski definition) is 2. The van der Waals surface area contributed by atoms with Gasteiger partial charge in [0.15, 0.2) is 0 Å². The summed E-state index contributed by atoms with van der Waals surface area (Å²) in [7, 11) is 1.36. The van der Waals surface area contributed by atoms with Crippen molar-refractivity contribution in [3.8, 4) is 0 Å². The minimum Gasteiger partial charge on any atom is -0.469 e. The zero-order chi connectivity index (χ0) is 32.8. The topological polar surface area (TPSA) is 138 Å². The van der Waals surface area contributed by atoms with E-state index in [9.17, 15) is 24.6 Å². The van der Waals surface area contributed by atoms with Gasteiger partial charge in [-0.3, -0.25) is 4.79 Å². The van der Waals surface area contributed by atoms with Gasteiger partial charge in [0.05, 0.1) is 38.1 Å². The van der Waals surface area contributed by atoms with Gasteiger partial charge in [0.25, 0.3) is 0 Å². The predicted octanol–water partition coefficient (Wildman–Crippen LogP) is 3.51. The van der Waals surface area contributed by atoms with Crippen LogP contribution in [0.3, 0.4) is 0 Å². The summed E-state index contributed by atoms with van der Waals surface area (Å²) in [6, 6.07) is 9.45. The molecule has 2 saturated heterocycles. The number of rotatable bonds is 6. The van der Waals surface area contributed by atoms with Crippen LogP contribution in [0.15, 0.2) is 59.2 Å². The number of carbonyl (C=O) groups is 3. The number of aliphatic hydroxyl groups excluding tert-OH is 2. The van der Waals surface area contributed by atoms with E-state index in [1.54, 1.807) is 6.08 Å². The maximum atomic E-state index is 13.4. The maximum absolute atomic E-state index is 13.4. The molecular weight excluding hydrogens is 592 g/mol. The van der Waals surface area contributed by atoms with Gasteiger partial charge in [-0.2, -0.15) is 0 Å². The Morgan fingerprint density at radius 3 is 2.52 bits per heavy atom. The van der Waals surface area contributed by atoms with E-state index in [1.165, 1.54) is 19.3 Å². The third kappa shape index (κ3) is 4.33. The summed E-state index contributed by atoms with van der Waals surface area (Å²) in [6.45, 7) is 8.47. The normalized spacial score (nSPS) is 44.0. The van der Waals surface area contributed by atoms with Crippen LogP contribution >= 0.6 is 0 Å². The van der Waals surface area contributed by atoms with E-state index in [0.29, 0.717) is 18.6 Å². The lowest BCUT2D eigenvalue weighted by molar-refractivity contribution is -0.248. The highest BCUT2D eigenvalue weighted by atomic mass is 16.6. The van der Waals surface area contributed by atoms with E-state index in [4.69, 9.17) is 23.7 Å². The second kappa shape index (κ2) is 10.9. The Balaban J connectivity index is 1.34. The minimum atomic E-state index is -1.28. The Kier molecular flexibility index (Phi) is 7.40. The van der Waals surface area contributed by atoms with E-state index < -0.39 is 70.8 Å². The summed E-state index contributed by atoms with van der Waals surface area (Å²) < 4.78 is 30.1. The van der Waals surface area contributed by atoms with Crippen LogP contribution in [0.1, 0.15) is 52.5 Å². The van der Waals surface area contributed by atoms with Gasteiger partial charge in [-0.05, 0) is 42.6 Å². The molecule has 0 bridgehead atoms. The van der Waals surface area contributed by atoms with Crippen molar-refractivity contribution < 1.29 is 48.3 Å². The van der Waals surface area contributed by atoms with Gasteiger partial charge in [-0.15, -0.1) is 0 Å². The van der Waals surface area contributed by atoms with Crippen molar-refractivity contribution in [3.05, 3.63) is 64.8 Å². The first-order chi connectivity index (χ1) is 21.8. The molecule has 1 aromatic rings. The van der Waals surface area contributed by atoms with Crippen LogP contribution in [-0.2, 0) is 38.1 Å². The van der Waals surface area contributed by atoms with E-state index in [0.717, 1.165) is 16.7 Å². The first kappa shape index (κ1) is 31.3. The van der Waals surface area contributed by atoms with E-state index >= 15 is 0 Å². The van der Waals surface area contributed by atoms with Gasteiger partial charge in [0.2, 0.25) is 6.29 Å². The zero-order valence-corrected chi connectivity index (χ0v) is 26.8. The van der Waals surface area contributed by atoms with Crippen molar-refractivity contribution in [2.45, 2.75) is 83.8 Å². The molecule has 3 heterocycles. The molecule has 4 fully saturated rings. The Morgan fingerprint density at radius 2 is 1.85 bits per heavy atom. The highest BCUT2D eigenvalue weighted by molar-refractivity contribution is 5.92. The first-order valence-corrected chi connectivity index (χ1v) is 16.1. The summed E-state index contributed by atoms with van der Waals surface area (Å²) in [4.78, 5) is 39.4. The zero-order valence-electron chi connectivity index (χ0n) is 26.8. The molecule has 3 aliphatic heterocycles. The van der Waals surface area contributed by atoms with Crippen LogP contribution in [0, 0.1) is 34.0 Å². The lowest BCUT2D eigenvalue weighted by atomic mass is 9.40. The second-order valence-electron chi connectivity index (χ2n) is 14.5. The fourth-order valence-corrected chi connectivity index (χ4v) is 10.4. The molecule has 246 valence electrons. The molecule has 7 rings (SSSR count). The Morgan fingerprint density at radius 1 is 1.11 bits per heavy atom. The molecule has 0 aromatic heterocycles. The molecule has 12 atom stereocenters. The maximum Gasteiger partial charge on any atom is 0.337 e. The van der Waals surface area contributed by atoms with Crippen LogP contribution in [0.4, 0.5) is 0 Å². The van der Waals surface area contributed by atoms with Gasteiger partial charge in [0, 0.05) is 52.6 Å². The fourth-order valence-electron chi connectivity index (χ4n) is 10.4. The smallest absolute Gasteiger partial charge is 0.337 e. The highest BCUT2D eigenvalue weighted by Crippen LogP contribution is 2.73. The third-order valence-electron chi connectivity index (χ3n) is 12.4. The van der Waals surface area contributed by atoms with Crippen molar-refractivity contribution in [1.29, 1.82) is 0 Å². The molecule has 6 aliphatic rings. The number of cyclic esters (lactones) is 1. The van der Waals surface area contributed by atoms with Gasteiger partial charge in [0.1, 0.15) is 6.10 Å². The first-order valence-electron chi connectivity index (χ1n) is 16.1. The molecule has 1 aromatic carbocycles. The summed E-state index contributed by atoms with van der Waals surface area (Å²) in [5.41, 5.74) is 0.929. The Bertz CT molecular complexity index is 1550. The molecule has 0 spiro atoms. The van der Waals surface area contributed by atoms with Gasteiger partial charge in [-0.1, -0.05) is 56.7 Å². The standard InChI is InChI=1S/C36H42O10/c1-18-20(21-14-28(40)46-33(21)41)13-22-29(18)36(4)23(15-27(39)42-5)35(3)25(45-26(38)12-11-19-9-7-6-8-10-19)16-24(37)34(2)17-43-30(31(34)35)32(36)44-22/h6-12,14,20,22-25,28,30-32,37,40H,13,15-17H2,1-5H3/b12-11+/t20-,22-,23-,24-,25+,28?,30-,31+,32-,34-,35+,36-/m1/s1. The number of ether oxygens (including phenoxy) is 5. The molecule has 0 radical (unpaired) electrons. The number of fused-ring (bicyclic) bond motifs is 4. The minimum absolute atomic E-state index is 0.0320. The van der Waals surface area contributed by atoms with Crippen molar-refractivity contribution in [1.82, 2.24) is 0 Å². The lowest BCUT2D eigenvalue weighted by Gasteiger charge is -2.65. The van der Waals surface area contributed by atoms with Crippen LogP contribution in [0.25, 0.3) is 6.08 Å². The van der Waals surface area contributed by atoms with Gasteiger partial charge in [-0.25, -0.2) is 9.59 Å². The molecule has 46 heavy (non-hydrogen) atoms. The van der Waals surface area contributed by atoms with Crippen molar-refractivity contribution in [2.75, 3.05) is 13.7 Å². The number of carbonyl (C=O) groups excluding carboxylic acids is 3. The van der Waals surface area contributed by atoms with Crippen molar-refractivity contribution >= 4 is 24.0 Å². The van der Waals surface area contributed by atoms with Crippen LogP contribution in [-0.4, -0.2) is 78.6 Å². The molecule has 2 N–H and O–H groups in total. The summed E-state index contributed by atoms with van der Waals surface area (Å²) >= 11 is 0. The number of methoxy groups -OCH3 is 1. The molecule has 2 saturated carbocycles. The molecule has 0 amide bonds. The molecule has 1 unspecified atom stereocenters. The average Bonchev–Trinajstić information content (AvgIpc) is 3.74. The van der Waals surface area contributed by atoms with E-state index in [2.05, 4.69) is 13.8 Å². The van der Waals surface area contributed by atoms with E-state index in [-0.39, 0.29) is 30.8 Å². The average molecular weight is 635 g/mol. The predicted molar refractivity (Wildman–Crippen MR) is 163 cm³/mol. The Labute approximate surface area is 268 Å². The van der Waals surface area contributed by atoms with Crippen LogP contribution in [0.2, 0.25) is 0 Å². The quantitative estimate of drug-likeness (QED) is 0.207. The summed E-state index contributed by atoms with van der Waals surface area (Å²) in [5.74, 6) is -2.53. The largest absolute Gasteiger partial charge is 0.469 e. The summed E-state index contributed by atoms with van der Waals surface area (Å²) in [5, 5.41) is 21.6.